The van der Waals surface area contributed by atoms with Gasteiger partial charge in [0.05, 0.1) is 21.1 Å². The van der Waals surface area contributed by atoms with Crippen LogP contribution >= 0.6 is 27.5 Å². The molecule has 21 heavy (non-hydrogen) atoms. The second-order valence-corrected chi connectivity index (χ2v) is 7.75. The molecule has 1 amide bonds. The molecule has 1 rings (SSSR count). The summed E-state index contributed by atoms with van der Waals surface area (Å²) in [5.74, 6) is -0.512. The highest BCUT2D eigenvalue weighted by atomic mass is 79.9. The van der Waals surface area contributed by atoms with Gasteiger partial charge in [0.25, 0.3) is 5.91 Å². The topological polar surface area (TPSA) is 98.5 Å². The first-order valence-corrected chi connectivity index (χ1v) is 8.55. The highest BCUT2D eigenvalue weighted by Crippen LogP contribution is 2.28. The SMILES string of the molecule is COC(C)(C)CNC(=O)c1cc(S(N)(=O)=O)c(Br)cc1Cl. The molecule has 0 atom stereocenters. The van der Waals surface area contributed by atoms with E-state index in [4.69, 9.17) is 21.5 Å². The lowest BCUT2D eigenvalue weighted by atomic mass is 10.1. The number of carbonyl (C=O) groups excluding carboxylic acids is 1. The minimum atomic E-state index is -3.96. The maximum Gasteiger partial charge on any atom is 0.252 e. The van der Waals surface area contributed by atoms with Gasteiger partial charge in [0, 0.05) is 18.1 Å². The molecule has 0 heterocycles. The van der Waals surface area contributed by atoms with Crippen LogP contribution in [0, 0.1) is 0 Å². The van der Waals surface area contributed by atoms with Gasteiger partial charge in [-0.3, -0.25) is 4.79 Å². The molecule has 0 saturated carbocycles. The van der Waals surface area contributed by atoms with Gasteiger partial charge in [-0.15, -0.1) is 0 Å². The van der Waals surface area contributed by atoms with Crippen molar-refractivity contribution in [3.63, 3.8) is 0 Å². The number of hydrogen-bond donors (Lipinski definition) is 2. The first-order chi connectivity index (χ1) is 9.48. The number of benzene rings is 1. The lowest BCUT2D eigenvalue weighted by Crippen LogP contribution is -2.39. The van der Waals surface area contributed by atoms with Gasteiger partial charge in [0.1, 0.15) is 0 Å². The second kappa shape index (κ2) is 6.62. The number of ether oxygens (including phenoxy) is 1. The largest absolute Gasteiger partial charge is 0.377 e. The van der Waals surface area contributed by atoms with Crippen LogP contribution in [-0.2, 0) is 14.8 Å². The third-order valence-corrected chi connectivity index (χ3v) is 4.98. The Morgan fingerprint density at radius 1 is 1.48 bits per heavy atom. The summed E-state index contributed by atoms with van der Waals surface area (Å²) in [5, 5.41) is 7.83. The molecule has 6 nitrogen and oxygen atoms in total. The van der Waals surface area contributed by atoms with Crippen molar-refractivity contribution in [1.29, 1.82) is 0 Å². The number of methoxy groups -OCH3 is 1. The quantitative estimate of drug-likeness (QED) is 0.790. The molecule has 118 valence electrons. The van der Waals surface area contributed by atoms with Crippen molar-refractivity contribution in [1.82, 2.24) is 5.32 Å². The van der Waals surface area contributed by atoms with E-state index in [2.05, 4.69) is 21.2 Å². The predicted molar refractivity (Wildman–Crippen MR) is 83.9 cm³/mol. The van der Waals surface area contributed by atoms with Crippen molar-refractivity contribution < 1.29 is 17.9 Å². The van der Waals surface area contributed by atoms with Gasteiger partial charge in [-0.2, -0.15) is 0 Å². The molecule has 1 aromatic carbocycles. The Hall–Kier alpha value is -0.670. The molecule has 1 aromatic rings. The van der Waals surface area contributed by atoms with E-state index in [9.17, 15) is 13.2 Å². The number of hydrogen-bond acceptors (Lipinski definition) is 4. The second-order valence-electron chi connectivity index (χ2n) is 4.95. The maximum atomic E-state index is 12.1. The fraction of sp³-hybridized carbons (Fsp3) is 0.417. The van der Waals surface area contributed by atoms with Crippen molar-refractivity contribution in [3.05, 3.63) is 27.2 Å². The minimum Gasteiger partial charge on any atom is -0.377 e. The van der Waals surface area contributed by atoms with Crippen molar-refractivity contribution in [2.45, 2.75) is 24.3 Å². The average Bonchev–Trinajstić information content (AvgIpc) is 2.34. The van der Waals surface area contributed by atoms with E-state index in [-0.39, 0.29) is 26.5 Å². The molecule has 0 spiro atoms. The lowest BCUT2D eigenvalue weighted by molar-refractivity contribution is 0.0228. The molecule has 0 aliphatic carbocycles. The van der Waals surface area contributed by atoms with Crippen LogP contribution in [0.15, 0.2) is 21.5 Å². The van der Waals surface area contributed by atoms with Crippen LogP contribution in [-0.4, -0.2) is 33.6 Å². The molecule has 0 unspecified atom stereocenters. The number of rotatable bonds is 5. The van der Waals surface area contributed by atoms with Crippen LogP contribution < -0.4 is 10.5 Å². The van der Waals surface area contributed by atoms with E-state index in [0.29, 0.717) is 0 Å². The minimum absolute atomic E-state index is 0.0239. The summed E-state index contributed by atoms with van der Waals surface area (Å²) < 4.78 is 28.3. The average molecular weight is 400 g/mol. The number of sulfonamides is 1. The number of primary sulfonamides is 1. The van der Waals surface area contributed by atoms with E-state index in [1.807, 2.05) is 0 Å². The first-order valence-electron chi connectivity index (χ1n) is 5.83. The fourth-order valence-corrected chi connectivity index (χ4v) is 3.40. The molecule has 0 fully saturated rings. The Morgan fingerprint density at radius 2 is 2.05 bits per heavy atom. The fourth-order valence-electron chi connectivity index (χ4n) is 1.38. The zero-order chi connectivity index (χ0) is 16.4. The maximum absolute atomic E-state index is 12.1. The highest BCUT2D eigenvalue weighted by molar-refractivity contribution is 9.10. The molecule has 0 aliphatic heterocycles. The Kier molecular flexibility index (Phi) is 5.79. The molecule has 0 saturated heterocycles. The molecular formula is C12H16BrClN2O4S. The van der Waals surface area contributed by atoms with Crippen molar-refractivity contribution in [3.8, 4) is 0 Å². The standard InChI is InChI=1S/C12H16BrClN2O4S/c1-12(2,20-3)6-16-11(17)7-4-10(21(15,18)19)8(13)5-9(7)14/h4-5H,6H2,1-3H3,(H,16,17)(H2,15,18,19). The Balaban J connectivity index is 3.11. The number of nitrogens with one attached hydrogen (secondary N) is 1. The summed E-state index contributed by atoms with van der Waals surface area (Å²) in [7, 11) is -2.44. The van der Waals surface area contributed by atoms with Crippen LogP contribution in [0.3, 0.4) is 0 Å². The summed E-state index contributed by atoms with van der Waals surface area (Å²) in [6, 6.07) is 2.45. The normalized spacial score (nSPS) is 12.3. The zero-order valence-electron chi connectivity index (χ0n) is 11.7. The molecule has 0 aromatic heterocycles. The third-order valence-electron chi connectivity index (χ3n) is 2.80. The van der Waals surface area contributed by atoms with Crippen LogP contribution in [0.1, 0.15) is 24.2 Å². The van der Waals surface area contributed by atoms with Gasteiger partial charge >= 0.3 is 0 Å². The van der Waals surface area contributed by atoms with Gasteiger partial charge in [-0.25, -0.2) is 13.6 Å². The van der Waals surface area contributed by atoms with E-state index in [0.717, 1.165) is 6.07 Å². The van der Waals surface area contributed by atoms with Gasteiger partial charge in [0.15, 0.2) is 0 Å². The van der Waals surface area contributed by atoms with Gasteiger partial charge in [-0.05, 0) is 41.9 Å². The number of nitrogens with two attached hydrogens (primary N) is 1. The summed E-state index contributed by atoms with van der Waals surface area (Å²) in [6.07, 6.45) is 0. The van der Waals surface area contributed by atoms with Gasteiger partial charge < -0.3 is 10.1 Å². The van der Waals surface area contributed by atoms with E-state index < -0.39 is 21.5 Å². The molecule has 9 heteroatoms. The van der Waals surface area contributed by atoms with Crippen LogP contribution in [0.5, 0.6) is 0 Å². The molecule has 0 radical (unpaired) electrons. The van der Waals surface area contributed by atoms with Crippen molar-refractivity contribution in [2.75, 3.05) is 13.7 Å². The van der Waals surface area contributed by atoms with E-state index >= 15 is 0 Å². The molecular weight excluding hydrogens is 384 g/mol. The summed E-state index contributed by atoms with van der Waals surface area (Å²) in [4.78, 5) is 11.9. The Labute approximate surface area is 137 Å². The van der Waals surface area contributed by atoms with Crippen LogP contribution in [0.2, 0.25) is 5.02 Å². The van der Waals surface area contributed by atoms with Gasteiger partial charge in [0.2, 0.25) is 10.0 Å². The first kappa shape index (κ1) is 18.4. The molecule has 0 aliphatic rings. The summed E-state index contributed by atoms with van der Waals surface area (Å²) >= 11 is 9.03. The van der Waals surface area contributed by atoms with Crippen molar-refractivity contribution >= 4 is 43.5 Å². The summed E-state index contributed by atoms with van der Waals surface area (Å²) in [6.45, 7) is 3.83. The zero-order valence-corrected chi connectivity index (χ0v) is 14.9. The molecule has 3 N–H and O–H groups in total. The summed E-state index contributed by atoms with van der Waals surface area (Å²) in [5.41, 5.74) is -0.531. The van der Waals surface area contributed by atoms with E-state index in [1.165, 1.54) is 13.2 Å². The van der Waals surface area contributed by atoms with E-state index in [1.54, 1.807) is 13.8 Å². The lowest BCUT2D eigenvalue weighted by Gasteiger charge is -2.23. The molecule has 0 bridgehead atoms. The smallest absolute Gasteiger partial charge is 0.252 e. The number of halogens is 2. The van der Waals surface area contributed by atoms with Gasteiger partial charge in [-0.1, -0.05) is 11.6 Å². The Bertz CT molecular complexity index is 661. The van der Waals surface area contributed by atoms with Crippen LogP contribution in [0.25, 0.3) is 0 Å². The highest BCUT2D eigenvalue weighted by Gasteiger charge is 2.22. The number of carbonyl (C=O) groups is 1. The Morgan fingerprint density at radius 3 is 2.52 bits per heavy atom. The monoisotopic (exact) mass is 398 g/mol. The van der Waals surface area contributed by atoms with Crippen molar-refractivity contribution in [2.24, 2.45) is 5.14 Å². The number of amides is 1. The predicted octanol–water partition coefficient (Wildman–Crippen LogP) is 1.90. The third kappa shape index (κ3) is 4.93. The van der Waals surface area contributed by atoms with Crippen LogP contribution in [0.4, 0.5) is 0 Å².